The standard InChI is InChI=1S/C21H32BrNO4/c1-20(2,3)26-18(24)15-23(13-12-22)17(19(25)27-21(4,5)6)14-16-10-8-7-9-11-16/h7-11,17H,12-15H2,1-6H3. The molecular weight excluding hydrogens is 410 g/mol. The zero-order valence-corrected chi connectivity index (χ0v) is 18.8. The summed E-state index contributed by atoms with van der Waals surface area (Å²) in [5.74, 6) is -0.694. The van der Waals surface area contributed by atoms with E-state index in [1.165, 1.54) is 0 Å². The van der Waals surface area contributed by atoms with E-state index in [-0.39, 0.29) is 18.5 Å². The molecule has 152 valence electrons. The highest BCUT2D eigenvalue weighted by atomic mass is 79.9. The molecule has 0 radical (unpaired) electrons. The molecule has 6 heteroatoms. The van der Waals surface area contributed by atoms with Crippen LogP contribution in [0.4, 0.5) is 0 Å². The van der Waals surface area contributed by atoms with Gasteiger partial charge in [-0.05, 0) is 53.5 Å². The van der Waals surface area contributed by atoms with Gasteiger partial charge in [0.05, 0.1) is 6.54 Å². The Morgan fingerprint density at radius 1 is 1.00 bits per heavy atom. The molecule has 0 saturated carbocycles. The Kier molecular flexibility index (Phi) is 8.95. The SMILES string of the molecule is CC(C)(C)OC(=O)CN(CCBr)C(Cc1ccccc1)C(=O)OC(C)(C)C. The van der Waals surface area contributed by atoms with Gasteiger partial charge in [0.2, 0.25) is 0 Å². The molecule has 5 nitrogen and oxygen atoms in total. The van der Waals surface area contributed by atoms with Crippen LogP contribution in [0, 0.1) is 0 Å². The van der Waals surface area contributed by atoms with Crippen LogP contribution in [-0.2, 0) is 25.5 Å². The zero-order chi connectivity index (χ0) is 20.7. The first kappa shape index (κ1) is 23.6. The van der Waals surface area contributed by atoms with Crippen LogP contribution in [0.25, 0.3) is 0 Å². The molecule has 0 spiro atoms. The molecule has 0 amide bonds. The van der Waals surface area contributed by atoms with Gasteiger partial charge in [0.15, 0.2) is 0 Å². The number of carbonyl (C=O) groups excluding carboxylic acids is 2. The van der Waals surface area contributed by atoms with Gasteiger partial charge in [0, 0.05) is 11.9 Å². The Bertz CT molecular complexity index is 605. The largest absolute Gasteiger partial charge is 0.459 e. The monoisotopic (exact) mass is 441 g/mol. The van der Waals surface area contributed by atoms with Gasteiger partial charge >= 0.3 is 11.9 Å². The van der Waals surface area contributed by atoms with E-state index in [0.29, 0.717) is 18.3 Å². The van der Waals surface area contributed by atoms with Crippen LogP contribution < -0.4 is 0 Å². The molecule has 0 aromatic heterocycles. The second-order valence-corrected chi connectivity index (χ2v) is 9.28. The van der Waals surface area contributed by atoms with E-state index >= 15 is 0 Å². The maximum absolute atomic E-state index is 12.9. The van der Waals surface area contributed by atoms with E-state index in [1.54, 1.807) is 0 Å². The molecule has 1 aromatic rings. The summed E-state index contributed by atoms with van der Waals surface area (Å²) in [6, 6.07) is 9.17. The van der Waals surface area contributed by atoms with Crippen molar-refractivity contribution in [1.29, 1.82) is 0 Å². The second kappa shape index (κ2) is 10.2. The zero-order valence-electron chi connectivity index (χ0n) is 17.3. The van der Waals surface area contributed by atoms with Gasteiger partial charge < -0.3 is 9.47 Å². The van der Waals surface area contributed by atoms with Crippen LogP contribution in [-0.4, -0.2) is 52.5 Å². The number of halogens is 1. The Balaban J connectivity index is 3.05. The van der Waals surface area contributed by atoms with Crippen molar-refractivity contribution in [2.75, 3.05) is 18.4 Å². The first-order chi connectivity index (χ1) is 12.4. The number of hydrogen-bond acceptors (Lipinski definition) is 5. The minimum atomic E-state index is -0.599. The number of rotatable bonds is 8. The molecule has 1 rings (SSSR count). The van der Waals surface area contributed by atoms with Crippen LogP contribution in [0.15, 0.2) is 30.3 Å². The summed E-state index contributed by atoms with van der Waals surface area (Å²) in [6.45, 7) is 11.6. The van der Waals surface area contributed by atoms with Gasteiger partial charge in [0.25, 0.3) is 0 Å². The molecule has 0 aliphatic rings. The van der Waals surface area contributed by atoms with Crippen molar-refractivity contribution in [2.24, 2.45) is 0 Å². The van der Waals surface area contributed by atoms with Crippen molar-refractivity contribution >= 4 is 27.9 Å². The van der Waals surface area contributed by atoms with E-state index in [9.17, 15) is 9.59 Å². The number of nitrogens with zero attached hydrogens (tertiary/aromatic N) is 1. The summed E-state index contributed by atoms with van der Waals surface area (Å²) in [6.07, 6.45) is 0.464. The third-order valence-electron chi connectivity index (χ3n) is 3.52. The molecule has 0 aliphatic heterocycles. The van der Waals surface area contributed by atoms with Crippen molar-refractivity contribution in [1.82, 2.24) is 4.90 Å². The average Bonchev–Trinajstić information content (AvgIpc) is 2.49. The van der Waals surface area contributed by atoms with E-state index < -0.39 is 17.2 Å². The molecule has 1 unspecified atom stereocenters. The summed E-state index contributed by atoms with van der Waals surface area (Å²) in [4.78, 5) is 27.1. The Labute approximate surface area is 171 Å². The van der Waals surface area contributed by atoms with E-state index in [4.69, 9.17) is 9.47 Å². The number of benzene rings is 1. The number of esters is 2. The first-order valence-corrected chi connectivity index (χ1v) is 10.3. The minimum Gasteiger partial charge on any atom is -0.459 e. The van der Waals surface area contributed by atoms with Gasteiger partial charge in [-0.15, -0.1) is 0 Å². The maximum atomic E-state index is 12.9. The smallest absolute Gasteiger partial charge is 0.324 e. The molecule has 0 saturated heterocycles. The van der Waals surface area contributed by atoms with Gasteiger partial charge in [-0.2, -0.15) is 0 Å². The fourth-order valence-electron chi connectivity index (χ4n) is 2.56. The van der Waals surface area contributed by atoms with E-state index in [1.807, 2.05) is 76.8 Å². The highest BCUT2D eigenvalue weighted by Gasteiger charge is 2.32. The number of alkyl halides is 1. The minimum absolute atomic E-state index is 0.0274. The molecule has 1 atom stereocenters. The van der Waals surface area contributed by atoms with Crippen molar-refractivity contribution in [3.63, 3.8) is 0 Å². The van der Waals surface area contributed by atoms with E-state index in [2.05, 4.69) is 15.9 Å². The van der Waals surface area contributed by atoms with Crippen LogP contribution in [0.2, 0.25) is 0 Å². The van der Waals surface area contributed by atoms with Crippen LogP contribution >= 0.6 is 15.9 Å². The van der Waals surface area contributed by atoms with E-state index in [0.717, 1.165) is 5.56 Å². The summed E-state index contributed by atoms with van der Waals surface area (Å²) in [5, 5.41) is 0.629. The lowest BCUT2D eigenvalue weighted by atomic mass is 10.0. The van der Waals surface area contributed by atoms with Crippen LogP contribution in [0.3, 0.4) is 0 Å². The first-order valence-electron chi connectivity index (χ1n) is 9.20. The Morgan fingerprint density at radius 2 is 1.56 bits per heavy atom. The van der Waals surface area contributed by atoms with Crippen molar-refractivity contribution in [3.8, 4) is 0 Å². The topological polar surface area (TPSA) is 55.8 Å². The van der Waals surface area contributed by atoms with Gasteiger partial charge in [0.1, 0.15) is 17.2 Å². The lowest BCUT2D eigenvalue weighted by Crippen LogP contribution is -2.49. The fourth-order valence-corrected chi connectivity index (χ4v) is 3.02. The summed E-state index contributed by atoms with van der Waals surface area (Å²) < 4.78 is 11.1. The normalized spacial score (nSPS) is 13.3. The van der Waals surface area contributed by atoms with Crippen molar-refractivity contribution in [3.05, 3.63) is 35.9 Å². The fraction of sp³-hybridized carbons (Fsp3) is 0.619. The maximum Gasteiger partial charge on any atom is 0.324 e. The third kappa shape index (κ3) is 9.91. The average molecular weight is 442 g/mol. The number of carbonyl (C=O) groups is 2. The molecular formula is C21H32BrNO4. The van der Waals surface area contributed by atoms with Crippen molar-refractivity contribution < 1.29 is 19.1 Å². The second-order valence-electron chi connectivity index (χ2n) is 8.48. The van der Waals surface area contributed by atoms with Crippen LogP contribution in [0.5, 0.6) is 0 Å². The molecule has 0 bridgehead atoms. The summed E-state index contributed by atoms with van der Waals surface area (Å²) in [7, 11) is 0. The van der Waals surface area contributed by atoms with Gasteiger partial charge in [-0.25, -0.2) is 0 Å². The summed E-state index contributed by atoms with van der Waals surface area (Å²) >= 11 is 3.42. The highest BCUT2D eigenvalue weighted by Crippen LogP contribution is 2.17. The predicted octanol–water partition coefficient (Wildman–Crippen LogP) is 3.98. The molecule has 0 N–H and O–H groups in total. The van der Waals surface area contributed by atoms with Crippen LogP contribution in [0.1, 0.15) is 47.1 Å². The number of ether oxygens (including phenoxy) is 2. The number of hydrogen-bond donors (Lipinski definition) is 0. The van der Waals surface area contributed by atoms with Crippen molar-refractivity contribution in [2.45, 2.75) is 65.2 Å². The lowest BCUT2D eigenvalue weighted by molar-refractivity contribution is -0.164. The molecule has 0 aliphatic carbocycles. The molecule has 0 heterocycles. The Hall–Kier alpha value is -1.40. The predicted molar refractivity (Wildman–Crippen MR) is 111 cm³/mol. The molecule has 1 aromatic carbocycles. The highest BCUT2D eigenvalue weighted by molar-refractivity contribution is 9.09. The quantitative estimate of drug-likeness (QED) is 0.450. The lowest BCUT2D eigenvalue weighted by Gasteiger charge is -2.32. The summed E-state index contributed by atoms with van der Waals surface area (Å²) in [5.41, 5.74) is -0.159. The molecule has 27 heavy (non-hydrogen) atoms. The molecule has 0 fully saturated rings. The van der Waals surface area contributed by atoms with Gasteiger partial charge in [-0.3, -0.25) is 14.5 Å². The third-order valence-corrected chi connectivity index (χ3v) is 3.87. The van der Waals surface area contributed by atoms with Gasteiger partial charge in [-0.1, -0.05) is 46.3 Å². The Morgan fingerprint density at radius 3 is 2.04 bits per heavy atom.